The van der Waals surface area contributed by atoms with Gasteiger partial charge in [-0.05, 0) is 56.0 Å². The zero-order chi connectivity index (χ0) is 16.7. The van der Waals surface area contributed by atoms with Gasteiger partial charge in [0.2, 0.25) is 10.0 Å². The van der Waals surface area contributed by atoms with Gasteiger partial charge in [-0.3, -0.25) is 0 Å². The number of hydrogen-bond acceptors (Lipinski definition) is 5. The molecule has 0 aromatic heterocycles. The number of benzene rings is 1. The van der Waals surface area contributed by atoms with E-state index in [1.54, 1.807) is 0 Å². The summed E-state index contributed by atoms with van der Waals surface area (Å²) in [4.78, 5) is 2.66. The number of sulfone groups is 1. The normalized spacial score (nSPS) is 23.3. The monoisotopic (exact) mass is 358 g/mol. The first-order valence-corrected chi connectivity index (χ1v) is 11.2. The largest absolute Gasteiger partial charge is 0.300 e. The van der Waals surface area contributed by atoms with Crippen molar-refractivity contribution in [2.24, 2.45) is 5.92 Å². The first-order valence-electron chi connectivity index (χ1n) is 7.79. The highest BCUT2D eigenvalue weighted by Crippen LogP contribution is 2.31. The highest BCUT2D eigenvalue weighted by molar-refractivity contribution is 7.90. The molecule has 1 aliphatic carbocycles. The predicted octanol–water partition coefficient (Wildman–Crippen LogP) is 0.853. The molecule has 0 radical (unpaired) electrons. The van der Waals surface area contributed by atoms with E-state index in [2.05, 4.69) is 9.62 Å². The molecule has 1 aromatic carbocycles. The number of nitrogens with one attached hydrogen (secondary N) is 1. The van der Waals surface area contributed by atoms with Gasteiger partial charge in [0.25, 0.3) is 0 Å². The Morgan fingerprint density at radius 3 is 2.22 bits per heavy atom. The molecule has 23 heavy (non-hydrogen) atoms. The Balaban J connectivity index is 1.60. The third-order valence-electron chi connectivity index (χ3n) is 4.50. The molecule has 8 heteroatoms. The maximum Gasteiger partial charge on any atom is 0.240 e. The summed E-state index contributed by atoms with van der Waals surface area (Å²) in [6.07, 6.45) is 4.66. The Morgan fingerprint density at radius 2 is 1.65 bits per heavy atom. The van der Waals surface area contributed by atoms with Crippen molar-refractivity contribution < 1.29 is 16.8 Å². The van der Waals surface area contributed by atoms with Crippen molar-refractivity contribution in [1.29, 1.82) is 0 Å². The second kappa shape index (κ2) is 6.16. The molecule has 6 nitrogen and oxygen atoms in total. The Kier molecular flexibility index (Phi) is 4.52. The van der Waals surface area contributed by atoms with Crippen molar-refractivity contribution in [3.63, 3.8) is 0 Å². The molecule has 1 saturated carbocycles. The number of hydrogen-bond donors (Lipinski definition) is 1. The van der Waals surface area contributed by atoms with Crippen molar-refractivity contribution in [2.75, 3.05) is 25.9 Å². The topological polar surface area (TPSA) is 83.5 Å². The van der Waals surface area contributed by atoms with E-state index in [1.807, 2.05) is 0 Å². The van der Waals surface area contributed by atoms with Crippen LogP contribution in [0, 0.1) is 5.92 Å². The molecule has 3 rings (SSSR count). The van der Waals surface area contributed by atoms with Gasteiger partial charge in [-0.2, -0.15) is 0 Å². The maximum atomic E-state index is 12.3. The van der Waals surface area contributed by atoms with Crippen LogP contribution in [0.3, 0.4) is 0 Å². The highest BCUT2D eigenvalue weighted by atomic mass is 32.2. The van der Waals surface area contributed by atoms with Gasteiger partial charge in [-0.1, -0.05) is 0 Å². The van der Waals surface area contributed by atoms with Crippen LogP contribution in [0.2, 0.25) is 0 Å². The van der Waals surface area contributed by atoms with Crippen LogP contribution < -0.4 is 4.72 Å². The summed E-state index contributed by atoms with van der Waals surface area (Å²) < 4.78 is 50.1. The van der Waals surface area contributed by atoms with Crippen molar-refractivity contribution in [3.8, 4) is 0 Å². The van der Waals surface area contributed by atoms with E-state index in [0.717, 1.165) is 31.8 Å². The van der Waals surface area contributed by atoms with Gasteiger partial charge >= 0.3 is 0 Å². The maximum absolute atomic E-state index is 12.3. The number of likely N-dealkylation sites (tertiary alicyclic amines) is 1. The molecule has 1 saturated heterocycles. The van der Waals surface area contributed by atoms with Crippen molar-refractivity contribution >= 4 is 19.9 Å². The van der Waals surface area contributed by atoms with Gasteiger partial charge in [0.15, 0.2) is 9.84 Å². The van der Waals surface area contributed by atoms with E-state index in [-0.39, 0.29) is 9.79 Å². The summed E-state index contributed by atoms with van der Waals surface area (Å²) in [6.45, 7) is 2.44. The average Bonchev–Trinajstić information content (AvgIpc) is 3.23. The van der Waals surface area contributed by atoms with Gasteiger partial charge in [0.1, 0.15) is 0 Å². The van der Waals surface area contributed by atoms with Crippen LogP contribution in [0.4, 0.5) is 0 Å². The molecule has 1 N–H and O–H groups in total. The van der Waals surface area contributed by atoms with Crippen molar-refractivity contribution in [3.05, 3.63) is 24.3 Å². The average molecular weight is 358 g/mol. The van der Waals surface area contributed by atoms with Gasteiger partial charge in [-0.25, -0.2) is 21.6 Å². The van der Waals surface area contributed by atoms with Crippen LogP contribution in [-0.2, 0) is 19.9 Å². The van der Waals surface area contributed by atoms with Gasteiger partial charge in [0.05, 0.1) is 9.79 Å². The molecule has 1 atom stereocenters. The Bertz CT molecular complexity index is 768. The summed E-state index contributed by atoms with van der Waals surface area (Å²) >= 11 is 0. The van der Waals surface area contributed by atoms with E-state index in [1.165, 1.54) is 37.1 Å². The lowest BCUT2D eigenvalue weighted by molar-refractivity contribution is 0.314. The molecule has 1 heterocycles. The van der Waals surface area contributed by atoms with Crippen LogP contribution in [0.25, 0.3) is 0 Å². The number of rotatable bonds is 6. The third-order valence-corrected chi connectivity index (χ3v) is 7.07. The van der Waals surface area contributed by atoms with Crippen LogP contribution in [-0.4, -0.2) is 53.7 Å². The van der Waals surface area contributed by atoms with E-state index in [4.69, 9.17) is 0 Å². The fourth-order valence-electron chi connectivity index (χ4n) is 2.98. The second-order valence-corrected chi connectivity index (χ2v) is 10.3. The highest BCUT2D eigenvalue weighted by Gasteiger charge is 2.34. The van der Waals surface area contributed by atoms with Crippen LogP contribution in [0.5, 0.6) is 0 Å². The van der Waals surface area contributed by atoms with Crippen molar-refractivity contribution in [1.82, 2.24) is 9.62 Å². The van der Waals surface area contributed by atoms with Crippen LogP contribution in [0.15, 0.2) is 34.1 Å². The molecule has 0 amide bonds. The lowest BCUT2D eigenvalue weighted by atomic mass is 10.1. The second-order valence-electron chi connectivity index (χ2n) is 6.48. The molecule has 0 bridgehead atoms. The van der Waals surface area contributed by atoms with Crippen LogP contribution >= 0.6 is 0 Å². The molecule has 128 valence electrons. The summed E-state index contributed by atoms with van der Waals surface area (Å²) in [7, 11) is -6.92. The molecule has 1 aliphatic heterocycles. The lowest BCUT2D eigenvalue weighted by Crippen LogP contribution is -2.31. The molecule has 0 spiro atoms. The summed E-state index contributed by atoms with van der Waals surface area (Å²) in [5.74, 6) is 0.348. The minimum atomic E-state index is -3.60. The third kappa shape index (κ3) is 4.12. The van der Waals surface area contributed by atoms with Crippen LogP contribution in [0.1, 0.15) is 19.3 Å². The Labute approximate surface area is 137 Å². The first kappa shape index (κ1) is 16.9. The fourth-order valence-corrected chi connectivity index (χ4v) is 4.72. The Hall–Kier alpha value is -0.960. The number of nitrogens with zero attached hydrogens (tertiary/aromatic N) is 1. The summed E-state index contributed by atoms with van der Waals surface area (Å²) in [5.41, 5.74) is 0. The SMILES string of the molecule is CS(=O)(=O)c1ccc(S(=O)(=O)NC[C@H]2CCN(C3CC3)C2)cc1. The van der Waals surface area contributed by atoms with E-state index >= 15 is 0 Å². The van der Waals surface area contributed by atoms with E-state index in [0.29, 0.717) is 12.5 Å². The van der Waals surface area contributed by atoms with Gasteiger partial charge in [-0.15, -0.1) is 0 Å². The summed E-state index contributed by atoms with van der Waals surface area (Å²) in [6, 6.07) is 6.05. The zero-order valence-corrected chi connectivity index (χ0v) is 14.7. The molecule has 2 aliphatic rings. The predicted molar refractivity (Wildman–Crippen MR) is 87.4 cm³/mol. The Morgan fingerprint density at radius 1 is 1.04 bits per heavy atom. The minimum Gasteiger partial charge on any atom is -0.300 e. The molecule has 1 aromatic rings. The van der Waals surface area contributed by atoms with Crippen molar-refractivity contribution in [2.45, 2.75) is 35.1 Å². The molecular weight excluding hydrogens is 336 g/mol. The zero-order valence-electron chi connectivity index (χ0n) is 13.1. The quantitative estimate of drug-likeness (QED) is 0.815. The first-order chi connectivity index (χ1) is 10.8. The van der Waals surface area contributed by atoms with Gasteiger partial charge in [0, 0.05) is 25.4 Å². The van der Waals surface area contributed by atoms with E-state index < -0.39 is 19.9 Å². The lowest BCUT2D eigenvalue weighted by Gasteiger charge is -2.15. The minimum absolute atomic E-state index is 0.0990. The smallest absolute Gasteiger partial charge is 0.240 e. The summed E-state index contributed by atoms with van der Waals surface area (Å²) in [5, 5.41) is 0. The standard InChI is InChI=1S/C15H22N2O4S2/c1-22(18,19)14-4-6-15(7-5-14)23(20,21)16-10-12-8-9-17(11-12)13-2-3-13/h4-7,12-13,16H,2-3,8-11H2,1H3/t12-/m1/s1. The fraction of sp³-hybridized carbons (Fsp3) is 0.600. The molecule has 2 fully saturated rings. The molecule has 0 unspecified atom stereocenters. The number of sulfonamides is 1. The van der Waals surface area contributed by atoms with Gasteiger partial charge < -0.3 is 4.90 Å². The van der Waals surface area contributed by atoms with E-state index in [9.17, 15) is 16.8 Å². The molecular formula is C15H22N2O4S2.